The van der Waals surface area contributed by atoms with E-state index in [0.717, 1.165) is 30.2 Å². The van der Waals surface area contributed by atoms with Gasteiger partial charge in [-0.25, -0.2) is 0 Å². The third kappa shape index (κ3) is 5.89. The summed E-state index contributed by atoms with van der Waals surface area (Å²) in [5, 5.41) is 10.4. The topological polar surface area (TPSA) is 41.9 Å². The highest BCUT2D eigenvalue weighted by molar-refractivity contribution is 5.44. The van der Waals surface area contributed by atoms with Crippen molar-refractivity contribution in [1.29, 1.82) is 0 Å². The first kappa shape index (κ1) is 20.1. The Hall–Kier alpha value is -1.26. The van der Waals surface area contributed by atoms with Crippen molar-refractivity contribution in [2.75, 3.05) is 33.4 Å². The fourth-order valence-electron chi connectivity index (χ4n) is 3.83. The molecule has 0 radical (unpaired) electrons. The van der Waals surface area contributed by atoms with Crippen LogP contribution in [0.1, 0.15) is 46.6 Å². The Morgan fingerprint density at radius 1 is 1.20 bits per heavy atom. The van der Waals surface area contributed by atoms with Crippen molar-refractivity contribution in [2.24, 2.45) is 11.8 Å². The number of hydrogen-bond acceptors (Lipinski definition) is 4. The van der Waals surface area contributed by atoms with E-state index in [1.54, 1.807) is 7.11 Å². The normalized spacial score (nSPS) is 23.3. The van der Waals surface area contributed by atoms with Gasteiger partial charge in [0, 0.05) is 25.2 Å². The van der Waals surface area contributed by atoms with Gasteiger partial charge in [-0.1, -0.05) is 34.6 Å². The summed E-state index contributed by atoms with van der Waals surface area (Å²) in [4.78, 5) is 2.37. The van der Waals surface area contributed by atoms with E-state index in [9.17, 15) is 5.11 Å². The van der Waals surface area contributed by atoms with Gasteiger partial charge in [-0.3, -0.25) is 0 Å². The van der Waals surface area contributed by atoms with Crippen LogP contribution >= 0.6 is 0 Å². The molecule has 0 saturated carbocycles. The molecule has 4 heteroatoms. The van der Waals surface area contributed by atoms with Gasteiger partial charge in [0.1, 0.15) is 24.2 Å². The molecule has 2 rings (SSSR count). The van der Waals surface area contributed by atoms with Crippen LogP contribution in [0.25, 0.3) is 0 Å². The Labute approximate surface area is 153 Å². The van der Waals surface area contributed by atoms with E-state index in [1.807, 2.05) is 18.2 Å². The van der Waals surface area contributed by atoms with Gasteiger partial charge >= 0.3 is 0 Å². The molecule has 1 N–H and O–H groups in total. The van der Waals surface area contributed by atoms with E-state index in [4.69, 9.17) is 9.47 Å². The molecule has 1 aliphatic heterocycles. The summed E-state index contributed by atoms with van der Waals surface area (Å²) in [6, 6.07) is 5.87. The molecule has 0 aromatic heterocycles. The maximum Gasteiger partial charge on any atom is 0.123 e. The van der Waals surface area contributed by atoms with E-state index < -0.39 is 6.10 Å². The Morgan fingerprint density at radius 2 is 1.84 bits per heavy atom. The molecular formula is C21H35NO3. The van der Waals surface area contributed by atoms with Gasteiger partial charge in [-0.15, -0.1) is 0 Å². The molecule has 0 spiro atoms. The largest absolute Gasteiger partial charge is 0.497 e. The van der Waals surface area contributed by atoms with Crippen molar-refractivity contribution in [1.82, 2.24) is 4.90 Å². The lowest BCUT2D eigenvalue weighted by Crippen LogP contribution is -2.44. The van der Waals surface area contributed by atoms with Crippen LogP contribution < -0.4 is 9.47 Å². The first-order valence-electron chi connectivity index (χ1n) is 9.40. The zero-order chi connectivity index (χ0) is 18.6. The van der Waals surface area contributed by atoms with Crippen molar-refractivity contribution in [3.05, 3.63) is 23.8 Å². The maximum absolute atomic E-state index is 10.4. The minimum absolute atomic E-state index is 0.0490. The van der Waals surface area contributed by atoms with Crippen LogP contribution in [0.2, 0.25) is 0 Å². The molecule has 3 unspecified atom stereocenters. The van der Waals surface area contributed by atoms with Gasteiger partial charge in [0.2, 0.25) is 0 Å². The highest BCUT2D eigenvalue weighted by atomic mass is 16.5. The predicted molar refractivity (Wildman–Crippen MR) is 103 cm³/mol. The van der Waals surface area contributed by atoms with E-state index in [0.29, 0.717) is 25.0 Å². The summed E-state index contributed by atoms with van der Waals surface area (Å²) in [6.07, 6.45) is 0.802. The molecule has 142 valence electrons. The van der Waals surface area contributed by atoms with Crippen LogP contribution in [0.15, 0.2) is 18.2 Å². The number of aliphatic hydroxyl groups excluding tert-OH is 1. The van der Waals surface area contributed by atoms with Crippen molar-refractivity contribution < 1.29 is 14.6 Å². The van der Waals surface area contributed by atoms with Crippen LogP contribution in [0.4, 0.5) is 0 Å². The standard InChI is InChI=1S/C21H35NO3/c1-15-9-16(2)12-22(11-15)13-17(23)14-25-20-8-7-18(24-6)10-19(20)21(3,4)5/h7-8,10,15-17,23H,9,11-14H2,1-6H3. The SMILES string of the molecule is COc1ccc(OCC(O)CN2CC(C)CC(C)C2)c(C(C)(C)C)c1. The summed E-state index contributed by atoms with van der Waals surface area (Å²) in [5.74, 6) is 3.05. The van der Waals surface area contributed by atoms with Crippen LogP contribution in [0.3, 0.4) is 0 Å². The number of ether oxygens (including phenoxy) is 2. The molecule has 1 heterocycles. The smallest absolute Gasteiger partial charge is 0.123 e. The van der Waals surface area contributed by atoms with Gasteiger partial charge in [0.25, 0.3) is 0 Å². The second-order valence-corrected chi connectivity index (χ2v) is 8.74. The maximum atomic E-state index is 10.4. The number of benzene rings is 1. The van der Waals surface area contributed by atoms with Crippen LogP contribution in [-0.2, 0) is 5.41 Å². The average Bonchev–Trinajstić information content (AvgIpc) is 2.50. The second kappa shape index (κ2) is 8.41. The van der Waals surface area contributed by atoms with Gasteiger partial charge in [-0.05, 0) is 41.9 Å². The van der Waals surface area contributed by atoms with Crippen molar-refractivity contribution in [3.8, 4) is 11.5 Å². The summed E-state index contributed by atoms with van der Waals surface area (Å²) in [7, 11) is 1.67. The molecule has 1 aromatic carbocycles. The summed E-state index contributed by atoms with van der Waals surface area (Å²) < 4.78 is 11.3. The molecule has 0 bridgehead atoms. The Bertz CT molecular complexity index is 543. The average molecular weight is 350 g/mol. The number of methoxy groups -OCH3 is 1. The van der Waals surface area contributed by atoms with Crippen molar-refractivity contribution in [2.45, 2.75) is 52.6 Å². The molecule has 3 atom stereocenters. The highest BCUT2D eigenvalue weighted by Gasteiger charge is 2.24. The Balaban J connectivity index is 1.96. The summed E-state index contributed by atoms with van der Waals surface area (Å²) in [6.45, 7) is 14.2. The Kier molecular flexibility index (Phi) is 6.75. The fourth-order valence-corrected chi connectivity index (χ4v) is 3.83. The lowest BCUT2D eigenvalue weighted by Gasteiger charge is -2.36. The fraction of sp³-hybridized carbons (Fsp3) is 0.714. The van der Waals surface area contributed by atoms with E-state index in [2.05, 4.69) is 39.5 Å². The van der Waals surface area contributed by atoms with Gasteiger partial charge in [-0.2, -0.15) is 0 Å². The van der Waals surface area contributed by atoms with Gasteiger partial charge < -0.3 is 19.5 Å². The van der Waals surface area contributed by atoms with Crippen LogP contribution in [0, 0.1) is 11.8 Å². The monoisotopic (exact) mass is 349 g/mol. The zero-order valence-corrected chi connectivity index (χ0v) is 16.7. The number of aliphatic hydroxyl groups is 1. The molecule has 1 aromatic rings. The minimum Gasteiger partial charge on any atom is -0.497 e. The number of likely N-dealkylation sites (tertiary alicyclic amines) is 1. The third-order valence-corrected chi connectivity index (χ3v) is 4.84. The summed E-state index contributed by atoms with van der Waals surface area (Å²) in [5.41, 5.74) is 1.05. The molecule has 0 aliphatic carbocycles. The highest BCUT2D eigenvalue weighted by Crippen LogP contribution is 2.34. The van der Waals surface area contributed by atoms with Crippen LogP contribution in [0.5, 0.6) is 11.5 Å². The summed E-state index contributed by atoms with van der Waals surface area (Å²) >= 11 is 0. The third-order valence-electron chi connectivity index (χ3n) is 4.84. The van der Waals surface area contributed by atoms with E-state index in [-0.39, 0.29) is 5.41 Å². The second-order valence-electron chi connectivity index (χ2n) is 8.74. The molecular weight excluding hydrogens is 314 g/mol. The number of rotatable bonds is 6. The molecule has 1 fully saturated rings. The Morgan fingerprint density at radius 3 is 2.40 bits per heavy atom. The minimum atomic E-state index is -0.479. The number of piperidine rings is 1. The number of hydrogen-bond donors (Lipinski definition) is 1. The molecule has 1 saturated heterocycles. The van der Waals surface area contributed by atoms with Gasteiger partial charge in [0.05, 0.1) is 7.11 Å². The lowest BCUT2D eigenvalue weighted by molar-refractivity contribution is 0.0424. The van der Waals surface area contributed by atoms with E-state index >= 15 is 0 Å². The van der Waals surface area contributed by atoms with Crippen molar-refractivity contribution in [3.63, 3.8) is 0 Å². The molecule has 25 heavy (non-hydrogen) atoms. The van der Waals surface area contributed by atoms with Crippen LogP contribution in [-0.4, -0.2) is 49.5 Å². The predicted octanol–water partition coefficient (Wildman–Crippen LogP) is 3.71. The lowest BCUT2D eigenvalue weighted by atomic mass is 9.86. The quantitative estimate of drug-likeness (QED) is 0.850. The molecule has 0 amide bonds. The van der Waals surface area contributed by atoms with Gasteiger partial charge in [0.15, 0.2) is 0 Å². The van der Waals surface area contributed by atoms with E-state index in [1.165, 1.54) is 6.42 Å². The first-order chi connectivity index (χ1) is 11.7. The number of nitrogens with zero attached hydrogens (tertiary/aromatic N) is 1. The first-order valence-corrected chi connectivity index (χ1v) is 9.40. The number of β-amino-alcohol motifs (C(OH)–C–C–N with tert-alkyl or cyclic N) is 1. The zero-order valence-electron chi connectivity index (χ0n) is 16.7. The van der Waals surface area contributed by atoms with Crippen molar-refractivity contribution >= 4 is 0 Å². The molecule has 1 aliphatic rings. The molecule has 4 nitrogen and oxygen atoms in total.